The molecule has 5 atom stereocenters. The van der Waals surface area contributed by atoms with Gasteiger partial charge in [-0.25, -0.2) is 0 Å². The fourth-order valence-corrected chi connectivity index (χ4v) is 7.00. The van der Waals surface area contributed by atoms with Gasteiger partial charge >= 0.3 is 0 Å². The molecular weight excluding hydrogens is 388 g/mol. The predicted octanol–water partition coefficient (Wildman–Crippen LogP) is 6.75. The van der Waals surface area contributed by atoms with Crippen molar-refractivity contribution in [2.45, 2.75) is 72.6 Å². The molecule has 0 bridgehead atoms. The van der Waals surface area contributed by atoms with Gasteiger partial charge in [-0.2, -0.15) is 0 Å². The van der Waals surface area contributed by atoms with E-state index in [4.69, 9.17) is 0 Å². The average molecular weight is 425 g/mol. The van der Waals surface area contributed by atoms with Crippen LogP contribution in [0.1, 0.15) is 72.6 Å². The summed E-state index contributed by atoms with van der Waals surface area (Å²) in [4.78, 5) is 24.0. The van der Waals surface area contributed by atoms with Crippen molar-refractivity contribution in [3.63, 3.8) is 0 Å². The SMILES string of the molecule is CC(C)C1CC[C@H]2C(=CC[C@@H]3[C@]2(C)CCC[C@@]3(C)C(=O)Nc2ccc([N+](=O)[O-])cc2)C1. The van der Waals surface area contributed by atoms with Gasteiger partial charge in [0.15, 0.2) is 0 Å². The summed E-state index contributed by atoms with van der Waals surface area (Å²) >= 11 is 0. The minimum absolute atomic E-state index is 0.0383. The Hall–Kier alpha value is -2.17. The van der Waals surface area contributed by atoms with Crippen LogP contribution in [0.15, 0.2) is 35.9 Å². The number of benzene rings is 1. The van der Waals surface area contributed by atoms with Gasteiger partial charge in [0.1, 0.15) is 0 Å². The quantitative estimate of drug-likeness (QED) is 0.330. The molecule has 31 heavy (non-hydrogen) atoms. The zero-order chi connectivity index (χ0) is 22.4. The third-order valence-corrected chi connectivity index (χ3v) is 8.96. The molecular formula is C26H36N2O3. The van der Waals surface area contributed by atoms with Crippen molar-refractivity contribution in [3.8, 4) is 0 Å². The zero-order valence-corrected chi connectivity index (χ0v) is 19.3. The number of fused-ring (bicyclic) bond motifs is 3. The number of carbonyl (C=O) groups excluding carboxylic acids is 1. The number of anilines is 1. The second-order valence-electron chi connectivity index (χ2n) is 10.9. The Labute approximate surface area is 185 Å². The van der Waals surface area contributed by atoms with Gasteiger partial charge in [-0.1, -0.05) is 45.8 Å². The fraction of sp³-hybridized carbons (Fsp3) is 0.654. The van der Waals surface area contributed by atoms with Crippen LogP contribution in [0.25, 0.3) is 0 Å². The van der Waals surface area contributed by atoms with Gasteiger partial charge < -0.3 is 5.32 Å². The number of rotatable bonds is 4. The van der Waals surface area contributed by atoms with E-state index >= 15 is 0 Å². The monoisotopic (exact) mass is 424 g/mol. The van der Waals surface area contributed by atoms with E-state index < -0.39 is 10.3 Å². The number of nitrogens with zero attached hydrogens (tertiary/aromatic N) is 1. The van der Waals surface area contributed by atoms with Gasteiger partial charge in [-0.3, -0.25) is 14.9 Å². The number of hydrogen-bond acceptors (Lipinski definition) is 3. The molecule has 4 rings (SSSR count). The molecule has 1 unspecified atom stereocenters. The molecule has 0 aliphatic heterocycles. The summed E-state index contributed by atoms with van der Waals surface area (Å²) in [5, 5.41) is 14.0. The Morgan fingerprint density at radius 3 is 2.52 bits per heavy atom. The molecule has 0 spiro atoms. The highest BCUT2D eigenvalue weighted by Crippen LogP contribution is 2.63. The van der Waals surface area contributed by atoms with Gasteiger partial charge in [-0.05, 0) is 79.7 Å². The molecule has 0 saturated heterocycles. The van der Waals surface area contributed by atoms with E-state index in [2.05, 4.69) is 39.1 Å². The van der Waals surface area contributed by atoms with Crippen LogP contribution < -0.4 is 5.32 Å². The first-order chi connectivity index (χ1) is 14.6. The number of amides is 1. The van der Waals surface area contributed by atoms with Crippen molar-refractivity contribution in [1.29, 1.82) is 0 Å². The molecule has 5 nitrogen and oxygen atoms in total. The Morgan fingerprint density at radius 1 is 1.16 bits per heavy atom. The highest BCUT2D eigenvalue weighted by atomic mass is 16.6. The average Bonchev–Trinajstić information content (AvgIpc) is 2.73. The van der Waals surface area contributed by atoms with Gasteiger partial charge in [0.25, 0.3) is 5.69 Å². The summed E-state index contributed by atoms with van der Waals surface area (Å²) in [5.41, 5.74) is 2.08. The van der Waals surface area contributed by atoms with Crippen LogP contribution in [0.5, 0.6) is 0 Å². The number of nitro groups is 1. The minimum atomic E-state index is -0.425. The van der Waals surface area contributed by atoms with Crippen LogP contribution >= 0.6 is 0 Å². The Kier molecular flexibility index (Phi) is 5.74. The van der Waals surface area contributed by atoms with Gasteiger partial charge in [0, 0.05) is 17.8 Å². The molecule has 1 N–H and O–H groups in total. The van der Waals surface area contributed by atoms with Crippen LogP contribution in [0, 0.1) is 44.6 Å². The molecule has 0 radical (unpaired) electrons. The third kappa shape index (κ3) is 3.81. The van der Waals surface area contributed by atoms with Crippen LogP contribution in [-0.2, 0) is 4.79 Å². The smallest absolute Gasteiger partial charge is 0.269 e. The van der Waals surface area contributed by atoms with Crippen LogP contribution in [0.2, 0.25) is 0 Å². The highest BCUT2D eigenvalue weighted by Gasteiger charge is 2.57. The van der Waals surface area contributed by atoms with Crippen molar-refractivity contribution in [2.75, 3.05) is 5.32 Å². The lowest BCUT2D eigenvalue weighted by Gasteiger charge is -2.58. The van der Waals surface area contributed by atoms with Gasteiger partial charge in [0.2, 0.25) is 5.91 Å². The number of nitro benzene ring substituents is 1. The maximum Gasteiger partial charge on any atom is 0.269 e. The Balaban J connectivity index is 1.56. The maximum absolute atomic E-state index is 13.5. The summed E-state index contributed by atoms with van der Waals surface area (Å²) in [6.07, 6.45) is 10.4. The number of carbonyl (C=O) groups is 1. The highest BCUT2D eigenvalue weighted by molar-refractivity contribution is 5.95. The first kappa shape index (κ1) is 22.0. The molecule has 2 saturated carbocycles. The summed E-state index contributed by atoms with van der Waals surface area (Å²) in [6, 6.07) is 6.17. The second kappa shape index (κ2) is 8.07. The van der Waals surface area contributed by atoms with Crippen molar-refractivity contribution >= 4 is 17.3 Å². The van der Waals surface area contributed by atoms with E-state index in [0.29, 0.717) is 17.5 Å². The fourth-order valence-electron chi connectivity index (χ4n) is 7.00. The largest absolute Gasteiger partial charge is 0.326 e. The van der Waals surface area contributed by atoms with E-state index in [1.807, 2.05) is 0 Å². The number of hydrogen-bond donors (Lipinski definition) is 1. The van der Waals surface area contributed by atoms with E-state index in [0.717, 1.165) is 31.1 Å². The van der Waals surface area contributed by atoms with Crippen molar-refractivity contribution in [2.24, 2.45) is 34.5 Å². The molecule has 1 aromatic rings. The Bertz CT molecular complexity index is 890. The van der Waals surface area contributed by atoms with Crippen LogP contribution in [-0.4, -0.2) is 10.8 Å². The number of allylic oxidation sites excluding steroid dienone is 2. The molecule has 1 amide bonds. The lowest BCUT2D eigenvalue weighted by molar-refractivity contribution is -0.384. The van der Waals surface area contributed by atoms with E-state index in [1.54, 1.807) is 17.7 Å². The summed E-state index contributed by atoms with van der Waals surface area (Å²) in [6.45, 7) is 9.29. The topological polar surface area (TPSA) is 72.2 Å². The molecule has 5 heteroatoms. The molecule has 0 heterocycles. The number of non-ortho nitro benzene ring substituents is 1. The maximum atomic E-state index is 13.5. The molecule has 168 valence electrons. The van der Waals surface area contributed by atoms with Crippen molar-refractivity contribution in [1.82, 2.24) is 0 Å². The Morgan fingerprint density at radius 2 is 1.87 bits per heavy atom. The normalized spacial score (nSPS) is 35.0. The van der Waals surface area contributed by atoms with Gasteiger partial charge in [-0.15, -0.1) is 0 Å². The molecule has 0 aromatic heterocycles. The van der Waals surface area contributed by atoms with Crippen molar-refractivity contribution < 1.29 is 9.72 Å². The first-order valence-corrected chi connectivity index (χ1v) is 11.9. The van der Waals surface area contributed by atoms with Crippen LogP contribution in [0.4, 0.5) is 11.4 Å². The lowest BCUT2D eigenvalue weighted by atomic mass is 9.46. The third-order valence-electron chi connectivity index (χ3n) is 8.96. The van der Waals surface area contributed by atoms with E-state index in [9.17, 15) is 14.9 Å². The van der Waals surface area contributed by atoms with Gasteiger partial charge in [0.05, 0.1) is 10.3 Å². The van der Waals surface area contributed by atoms with Crippen molar-refractivity contribution in [3.05, 3.63) is 46.0 Å². The number of nitrogens with one attached hydrogen (secondary N) is 1. The zero-order valence-electron chi connectivity index (χ0n) is 19.3. The molecule has 2 fully saturated rings. The summed E-state index contributed by atoms with van der Waals surface area (Å²) in [5.74, 6) is 2.52. The lowest BCUT2D eigenvalue weighted by Crippen LogP contribution is -2.54. The molecule has 3 aliphatic carbocycles. The predicted molar refractivity (Wildman–Crippen MR) is 124 cm³/mol. The standard InChI is InChI=1S/C26H36N2O3/c1-17(2)18-6-12-22-19(16-18)7-13-23-25(22,3)14-5-15-26(23,4)24(29)27-20-8-10-21(11-9-20)28(30)31/h7-11,17-18,22-23H,5-6,12-16H2,1-4H3,(H,27,29)/t18?,22-,23+,25+,26+/m0/s1. The second-order valence-corrected chi connectivity index (χ2v) is 10.9. The molecule has 1 aromatic carbocycles. The first-order valence-electron chi connectivity index (χ1n) is 11.9. The molecule has 3 aliphatic rings. The van der Waals surface area contributed by atoms with Crippen LogP contribution in [0.3, 0.4) is 0 Å². The minimum Gasteiger partial charge on any atom is -0.326 e. The van der Waals surface area contributed by atoms with E-state index in [1.165, 1.54) is 37.8 Å². The summed E-state index contributed by atoms with van der Waals surface area (Å²) in [7, 11) is 0. The summed E-state index contributed by atoms with van der Waals surface area (Å²) < 4.78 is 0. The van der Waals surface area contributed by atoms with E-state index in [-0.39, 0.29) is 17.0 Å².